The smallest absolute Gasteiger partial charge is 0.232 e. The molecule has 206 valence electrons. The monoisotopic (exact) mass is 560 g/mol. The molecule has 4 aromatic rings. The number of fused-ring (bicyclic) bond motifs is 3. The molecule has 3 aliphatic heterocycles. The molecule has 0 radical (unpaired) electrons. The summed E-state index contributed by atoms with van der Waals surface area (Å²) < 4.78 is 17.7. The van der Waals surface area contributed by atoms with Crippen LogP contribution >= 0.6 is 11.6 Å². The Morgan fingerprint density at radius 2 is 1.95 bits per heavy atom. The number of pyridine rings is 3. The van der Waals surface area contributed by atoms with Gasteiger partial charge in [-0.3, -0.25) is 4.90 Å². The zero-order chi connectivity index (χ0) is 27.8. The number of aromatic nitrogens is 4. The van der Waals surface area contributed by atoms with Gasteiger partial charge in [-0.1, -0.05) is 11.6 Å². The van der Waals surface area contributed by atoms with Crippen LogP contribution in [0.15, 0.2) is 42.9 Å². The van der Waals surface area contributed by atoms with E-state index in [1.165, 1.54) is 6.42 Å². The molecule has 2 bridgehead atoms. The maximum atomic E-state index is 9.74. The van der Waals surface area contributed by atoms with Crippen molar-refractivity contribution in [1.82, 2.24) is 24.5 Å². The highest BCUT2D eigenvalue weighted by atomic mass is 35.5. The van der Waals surface area contributed by atoms with Crippen molar-refractivity contribution in [3.63, 3.8) is 0 Å². The van der Waals surface area contributed by atoms with E-state index in [-0.39, 0.29) is 5.82 Å². The van der Waals surface area contributed by atoms with Gasteiger partial charge in [0, 0.05) is 62.3 Å². The number of halogens is 1. The number of nitrogen functional groups attached to an aromatic ring is 1. The standard InChI is InChI=1S/C28H29ClN8O3/c1-38-5-6-40-21-9-22(26-23(10-30)27(31)34-37(26)16-21)18-3-4-25(32-12-18)35-14-19-8-20(15-35)36(19)13-17-7-24(29)28(39-2)33-11-17/h3-4,7,9,11-12,16,19-20H,5-6,8,13-15H2,1-2H3,(H2,31,34). The first kappa shape index (κ1) is 26.1. The highest BCUT2D eigenvalue weighted by Gasteiger charge is 2.44. The second-order valence-electron chi connectivity index (χ2n) is 9.96. The summed E-state index contributed by atoms with van der Waals surface area (Å²) in [6, 6.07) is 10.9. The van der Waals surface area contributed by atoms with Crippen molar-refractivity contribution in [3.8, 4) is 28.8 Å². The molecule has 0 aromatic carbocycles. The average Bonchev–Trinajstić information content (AvgIpc) is 3.30. The van der Waals surface area contributed by atoms with Crippen LogP contribution in [0.25, 0.3) is 16.6 Å². The van der Waals surface area contributed by atoms with Crippen molar-refractivity contribution < 1.29 is 14.2 Å². The molecular formula is C28H29ClN8O3. The molecule has 7 rings (SSSR count). The molecule has 3 aliphatic rings. The quantitative estimate of drug-likeness (QED) is 0.304. The number of piperidine rings is 1. The van der Waals surface area contributed by atoms with Gasteiger partial charge in [0.25, 0.3) is 0 Å². The molecule has 0 spiro atoms. The molecule has 11 nitrogen and oxygen atoms in total. The molecule has 2 N–H and O–H groups in total. The van der Waals surface area contributed by atoms with E-state index < -0.39 is 0 Å². The molecular weight excluding hydrogens is 532 g/mol. The number of nitrogens with two attached hydrogens (primary N) is 1. The number of piperazine rings is 1. The molecule has 2 atom stereocenters. The predicted octanol–water partition coefficient (Wildman–Crippen LogP) is 3.40. The highest BCUT2D eigenvalue weighted by Crippen LogP contribution is 2.37. The second-order valence-corrected chi connectivity index (χ2v) is 10.4. The SMILES string of the molecule is COCCOc1cc(-c2ccc(N3CC4CC(C3)N4Cc3cnc(OC)c(Cl)c3)nc2)c2c(C#N)c(N)nn2c1. The van der Waals surface area contributed by atoms with Crippen LogP contribution in [0.3, 0.4) is 0 Å². The van der Waals surface area contributed by atoms with Gasteiger partial charge in [0.2, 0.25) is 5.88 Å². The summed E-state index contributed by atoms with van der Waals surface area (Å²) in [5.41, 5.74) is 9.68. The molecule has 0 saturated carbocycles. The molecule has 4 aromatic heterocycles. The van der Waals surface area contributed by atoms with Crippen molar-refractivity contribution in [2.75, 3.05) is 51.2 Å². The minimum Gasteiger partial charge on any atom is -0.490 e. The van der Waals surface area contributed by atoms with E-state index in [1.54, 1.807) is 24.9 Å². The first-order valence-corrected chi connectivity index (χ1v) is 13.4. The summed E-state index contributed by atoms with van der Waals surface area (Å²) in [5.74, 6) is 2.14. The van der Waals surface area contributed by atoms with Crippen molar-refractivity contribution in [3.05, 3.63) is 59.0 Å². The Kier molecular flexibility index (Phi) is 7.06. The largest absolute Gasteiger partial charge is 0.490 e. The average molecular weight is 561 g/mol. The minimum absolute atomic E-state index is 0.173. The van der Waals surface area contributed by atoms with Crippen molar-refractivity contribution >= 4 is 28.8 Å². The Balaban J connectivity index is 1.20. The first-order chi connectivity index (χ1) is 19.5. The Hall–Kier alpha value is -4.11. The molecule has 0 aliphatic carbocycles. The molecule has 0 amide bonds. The van der Waals surface area contributed by atoms with Gasteiger partial charge in [-0.15, -0.1) is 5.10 Å². The van der Waals surface area contributed by atoms with E-state index in [0.717, 1.165) is 42.1 Å². The van der Waals surface area contributed by atoms with Gasteiger partial charge >= 0.3 is 0 Å². The van der Waals surface area contributed by atoms with Crippen LogP contribution in [0, 0.1) is 11.3 Å². The normalized spacial score (nSPS) is 18.4. The van der Waals surface area contributed by atoms with E-state index in [9.17, 15) is 5.26 Å². The van der Waals surface area contributed by atoms with E-state index in [2.05, 4.69) is 26.0 Å². The van der Waals surface area contributed by atoms with Gasteiger partial charge in [-0.2, -0.15) is 5.26 Å². The predicted molar refractivity (Wildman–Crippen MR) is 151 cm³/mol. The zero-order valence-electron chi connectivity index (χ0n) is 22.2. The first-order valence-electron chi connectivity index (χ1n) is 13.0. The third-order valence-corrected chi connectivity index (χ3v) is 7.82. The highest BCUT2D eigenvalue weighted by molar-refractivity contribution is 6.31. The maximum Gasteiger partial charge on any atom is 0.232 e. The number of anilines is 2. The van der Waals surface area contributed by atoms with Crippen LogP contribution in [0.1, 0.15) is 17.5 Å². The summed E-state index contributed by atoms with van der Waals surface area (Å²) >= 11 is 6.28. The number of nitriles is 1. The van der Waals surface area contributed by atoms with Crippen LogP contribution in [-0.2, 0) is 11.3 Å². The van der Waals surface area contributed by atoms with E-state index in [1.807, 2.05) is 36.7 Å². The lowest BCUT2D eigenvalue weighted by Gasteiger charge is -2.56. The lowest BCUT2D eigenvalue weighted by Crippen LogP contribution is -2.68. The van der Waals surface area contributed by atoms with Crippen LogP contribution < -0.4 is 20.1 Å². The number of hydrogen-bond donors (Lipinski definition) is 1. The molecule has 7 heterocycles. The number of hydrogen-bond acceptors (Lipinski definition) is 10. The van der Waals surface area contributed by atoms with E-state index >= 15 is 0 Å². The van der Waals surface area contributed by atoms with Gasteiger partial charge in [-0.25, -0.2) is 14.5 Å². The van der Waals surface area contributed by atoms with Crippen molar-refractivity contribution in [1.29, 1.82) is 5.26 Å². The summed E-state index contributed by atoms with van der Waals surface area (Å²) in [6.45, 7) is 3.43. The van der Waals surface area contributed by atoms with Gasteiger partial charge < -0.3 is 24.8 Å². The van der Waals surface area contributed by atoms with Crippen LogP contribution in [0.4, 0.5) is 11.6 Å². The fraction of sp³-hybridized carbons (Fsp3) is 0.357. The lowest BCUT2D eigenvalue weighted by atomic mass is 9.87. The third-order valence-electron chi connectivity index (χ3n) is 7.55. The number of nitrogens with zero attached hydrogens (tertiary/aromatic N) is 7. The summed E-state index contributed by atoms with van der Waals surface area (Å²) in [5, 5.41) is 14.6. The zero-order valence-corrected chi connectivity index (χ0v) is 23.0. The van der Waals surface area contributed by atoms with Gasteiger partial charge in [0.1, 0.15) is 34.8 Å². The molecule has 3 fully saturated rings. The van der Waals surface area contributed by atoms with Crippen LogP contribution in [0.2, 0.25) is 5.02 Å². The maximum absolute atomic E-state index is 9.74. The fourth-order valence-corrected chi connectivity index (χ4v) is 5.87. The van der Waals surface area contributed by atoms with Crippen LogP contribution in [0.5, 0.6) is 11.6 Å². The lowest BCUT2D eigenvalue weighted by molar-refractivity contribution is -0.00876. The van der Waals surface area contributed by atoms with E-state index in [4.69, 9.17) is 36.5 Å². The molecule has 3 saturated heterocycles. The summed E-state index contributed by atoms with van der Waals surface area (Å²) in [6.07, 6.45) is 6.54. The van der Waals surface area contributed by atoms with Gasteiger partial charge in [0.05, 0.1) is 25.4 Å². The Bertz CT molecular complexity index is 1570. The molecule has 12 heteroatoms. The summed E-state index contributed by atoms with van der Waals surface area (Å²) in [4.78, 5) is 14.0. The Morgan fingerprint density at radius 3 is 2.62 bits per heavy atom. The van der Waals surface area contributed by atoms with Gasteiger partial charge in [-0.05, 0) is 36.2 Å². The Labute approximate surface area is 236 Å². The minimum atomic E-state index is 0.173. The topological polar surface area (TPSA) is 127 Å². The van der Waals surface area contributed by atoms with E-state index in [0.29, 0.717) is 53.0 Å². The summed E-state index contributed by atoms with van der Waals surface area (Å²) in [7, 11) is 3.19. The second kappa shape index (κ2) is 10.8. The number of rotatable bonds is 9. The number of ether oxygens (including phenoxy) is 3. The van der Waals surface area contributed by atoms with Crippen molar-refractivity contribution in [2.45, 2.75) is 25.0 Å². The third kappa shape index (κ3) is 4.75. The van der Waals surface area contributed by atoms with Crippen molar-refractivity contribution in [2.24, 2.45) is 0 Å². The Morgan fingerprint density at radius 1 is 1.12 bits per heavy atom. The molecule has 2 unspecified atom stereocenters. The van der Waals surface area contributed by atoms with Gasteiger partial charge in [0.15, 0.2) is 5.82 Å². The van der Waals surface area contributed by atoms with Crippen LogP contribution in [-0.4, -0.2) is 77.1 Å². The molecule has 40 heavy (non-hydrogen) atoms. The fourth-order valence-electron chi connectivity index (χ4n) is 5.60. The number of methoxy groups -OCH3 is 2.